The monoisotopic (exact) mass is 263 g/mol. The van der Waals surface area contributed by atoms with Crippen LogP contribution in [0.1, 0.15) is 55.2 Å². The van der Waals surface area contributed by atoms with E-state index in [1.54, 1.807) is 6.07 Å². The summed E-state index contributed by atoms with van der Waals surface area (Å²) >= 11 is 0. The van der Waals surface area contributed by atoms with Crippen molar-refractivity contribution in [3.63, 3.8) is 0 Å². The van der Waals surface area contributed by atoms with E-state index in [1.807, 2.05) is 6.07 Å². The second-order valence-corrected chi connectivity index (χ2v) is 5.19. The topological polar surface area (TPSA) is 59.4 Å². The van der Waals surface area contributed by atoms with Crippen LogP contribution >= 0.6 is 0 Å². The van der Waals surface area contributed by atoms with Crippen molar-refractivity contribution in [2.24, 2.45) is 5.92 Å². The molecule has 104 valence electrons. The van der Waals surface area contributed by atoms with Gasteiger partial charge in [-0.25, -0.2) is 9.78 Å². The van der Waals surface area contributed by atoms with Crippen LogP contribution in [0, 0.1) is 5.92 Å². The fourth-order valence-corrected chi connectivity index (χ4v) is 2.65. The van der Waals surface area contributed by atoms with Crippen LogP contribution < -0.4 is 0 Å². The van der Waals surface area contributed by atoms with Gasteiger partial charge >= 0.3 is 5.97 Å². The zero-order chi connectivity index (χ0) is 13.7. The number of aromatic nitrogens is 1. The number of nitrogens with zero attached hydrogens (tertiary/aromatic N) is 1. The van der Waals surface area contributed by atoms with Crippen LogP contribution in [0.5, 0.6) is 0 Å². The fourth-order valence-electron chi connectivity index (χ4n) is 2.65. The van der Waals surface area contributed by atoms with Gasteiger partial charge < -0.3 is 9.84 Å². The lowest BCUT2D eigenvalue weighted by Gasteiger charge is -2.28. The van der Waals surface area contributed by atoms with Crippen molar-refractivity contribution in [3.8, 4) is 0 Å². The lowest BCUT2D eigenvalue weighted by Crippen LogP contribution is -2.22. The molecule has 1 N–H and O–H groups in total. The summed E-state index contributed by atoms with van der Waals surface area (Å²) in [5.74, 6) is -0.220. The molecule has 0 spiro atoms. The number of pyridine rings is 1. The minimum absolute atomic E-state index is 0.0798. The molecule has 1 aliphatic rings. The molecule has 4 nitrogen and oxygen atoms in total. The molecule has 1 aromatic rings. The largest absolute Gasteiger partial charge is 0.477 e. The Kier molecular flexibility index (Phi) is 4.91. The van der Waals surface area contributed by atoms with Crippen LogP contribution in [0.2, 0.25) is 0 Å². The molecule has 1 saturated carbocycles. The van der Waals surface area contributed by atoms with Crippen molar-refractivity contribution in [1.82, 2.24) is 4.98 Å². The predicted octanol–water partition coefficient (Wildman–Crippen LogP) is 3.27. The molecule has 0 aliphatic heterocycles. The number of carboxylic acid groups (broad SMARTS) is 1. The van der Waals surface area contributed by atoms with Crippen molar-refractivity contribution in [3.05, 3.63) is 29.6 Å². The molecule has 0 aromatic carbocycles. The zero-order valence-corrected chi connectivity index (χ0v) is 11.3. The first kappa shape index (κ1) is 14.0. The molecule has 0 radical (unpaired) electrons. The molecule has 4 heteroatoms. The fraction of sp³-hybridized carbons (Fsp3) is 0.600. The lowest BCUT2D eigenvalue weighted by atomic mass is 9.85. The minimum Gasteiger partial charge on any atom is -0.477 e. The Morgan fingerprint density at radius 2 is 2.32 bits per heavy atom. The summed E-state index contributed by atoms with van der Waals surface area (Å²) in [6, 6.07) is 5.02. The van der Waals surface area contributed by atoms with Gasteiger partial charge in [0.05, 0.1) is 18.4 Å². The second-order valence-electron chi connectivity index (χ2n) is 5.19. The Hall–Kier alpha value is -1.42. The summed E-state index contributed by atoms with van der Waals surface area (Å²) in [5, 5.41) is 8.89. The average molecular weight is 263 g/mol. The molecule has 2 rings (SSSR count). The Balaban J connectivity index is 1.88. The summed E-state index contributed by atoms with van der Waals surface area (Å²) in [5.41, 5.74) is 0.773. The molecule has 1 heterocycles. The van der Waals surface area contributed by atoms with Crippen molar-refractivity contribution in [2.45, 2.75) is 51.7 Å². The molecule has 0 amide bonds. The molecule has 1 fully saturated rings. The van der Waals surface area contributed by atoms with Gasteiger partial charge in [-0.15, -0.1) is 0 Å². The van der Waals surface area contributed by atoms with Crippen molar-refractivity contribution < 1.29 is 14.6 Å². The van der Waals surface area contributed by atoms with Gasteiger partial charge in [0, 0.05) is 0 Å². The Morgan fingerprint density at radius 3 is 3.05 bits per heavy atom. The molecule has 2 atom stereocenters. The third kappa shape index (κ3) is 4.03. The van der Waals surface area contributed by atoms with Gasteiger partial charge in [-0.05, 0) is 30.9 Å². The van der Waals surface area contributed by atoms with E-state index < -0.39 is 5.97 Å². The summed E-state index contributed by atoms with van der Waals surface area (Å²) in [6.45, 7) is 2.63. The molecule has 0 bridgehead atoms. The van der Waals surface area contributed by atoms with Gasteiger partial charge in [-0.1, -0.05) is 32.3 Å². The number of aromatic carboxylic acids is 1. The molecular weight excluding hydrogens is 242 g/mol. The predicted molar refractivity (Wildman–Crippen MR) is 72.0 cm³/mol. The number of ether oxygens (including phenoxy) is 1. The van der Waals surface area contributed by atoms with E-state index in [0.717, 1.165) is 18.8 Å². The SMILES string of the molecule is CCC1CCCC(OCc2cccc(C(=O)O)n2)C1. The summed E-state index contributed by atoms with van der Waals surface area (Å²) in [6.07, 6.45) is 6.28. The Labute approximate surface area is 113 Å². The highest BCUT2D eigenvalue weighted by Gasteiger charge is 2.21. The number of hydrogen-bond donors (Lipinski definition) is 1. The number of carbonyl (C=O) groups is 1. The quantitative estimate of drug-likeness (QED) is 0.885. The molecule has 1 aliphatic carbocycles. The standard InChI is InChI=1S/C15H21NO3/c1-2-11-5-3-7-13(9-11)19-10-12-6-4-8-14(16-12)15(17)18/h4,6,8,11,13H,2-3,5,7,9-10H2,1H3,(H,17,18). The number of hydrogen-bond acceptors (Lipinski definition) is 3. The second kappa shape index (κ2) is 6.66. The first-order valence-electron chi connectivity index (χ1n) is 7.00. The number of rotatable bonds is 5. The first-order chi connectivity index (χ1) is 9.19. The first-order valence-corrected chi connectivity index (χ1v) is 7.00. The number of carboxylic acids is 1. The van der Waals surface area contributed by atoms with E-state index in [2.05, 4.69) is 11.9 Å². The lowest BCUT2D eigenvalue weighted by molar-refractivity contribution is 0.000283. The minimum atomic E-state index is -0.995. The van der Waals surface area contributed by atoms with Crippen LogP contribution in [0.3, 0.4) is 0 Å². The highest BCUT2D eigenvalue weighted by atomic mass is 16.5. The maximum atomic E-state index is 10.8. The van der Waals surface area contributed by atoms with Gasteiger partial charge in [0.25, 0.3) is 0 Å². The van der Waals surface area contributed by atoms with Crippen molar-refractivity contribution in [2.75, 3.05) is 0 Å². The highest BCUT2D eigenvalue weighted by molar-refractivity contribution is 5.85. The van der Waals surface area contributed by atoms with Gasteiger partial charge in [0.15, 0.2) is 0 Å². The average Bonchev–Trinajstić information content (AvgIpc) is 2.45. The molecule has 1 aromatic heterocycles. The third-order valence-electron chi connectivity index (χ3n) is 3.80. The zero-order valence-electron chi connectivity index (χ0n) is 11.3. The summed E-state index contributed by atoms with van der Waals surface area (Å²) in [7, 11) is 0. The van der Waals surface area contributed by atoms with Crippen LogP contribution in [0.4, 0.5) is 0 Å². The Bertz CT molecular complexity index is 433. The van der Waals surface area contributed by atoms with E-state index >= 15 is 0 Å². The smallest absolute Gasteiger partial charge is 0.354 e. The van der Waals surface area contributed by atoms with Gasteiger partial charge in [0.1, 0.15) is 5.69 Å². The van der Waals surface area contributed by atoms with Gasteiger partial charge in [-0.2, -0.15) is 0 Å². The van der Waals surface area contributed by atoms with E-state index in [4.69, 9.17) is 9.84 Å². The van der Waals surface area contributed by atoms with Crippen molar-refractivity contribution in [1.29, 1.82) is 0 Å². The van der Waals surface area contributed by atoms with E-state index in [1.165, 1.54) is 25.3 Å². The highest BCUT2D eigenvalue weighted by Crippen LogP contribution is 2.28. The Morgan fingerprint density at radius 1 is 1.47 bits per heavy atom. The molecular formula is C15H21NO3. The van der Waals surface area contributed by atoms with E-state index in [-0.39, 0.29) is 5.69 Å². The normalized spacial score (nSPS) is 23.2. The maximum absolute atomic E-state index is 10.8. The van der Waals surface area contributed by atoms with Crippen molar-refractivity contribution >= 4 is 5.97 Å². The summed E-state index contributed by atoms with van der Waals surface area (Å²) in [4.78, 5) is 14.9. The van der Waals surface area contributed by atoms with Crippen LogP contribution in [-0.2, 0) is 11.3 Å². The molecule has 0 saturated heterocycles. The van der Waals surface area contributed by atoms with Gasteiger partial charge in [0.2, 0.25) is 0 Å². The van der Waals surface area contributed by atoms with E-state index in [0.29, 0.717) is 18.4 Å². The van der Waals surface area contributed by atoms with Crippen LogP contribution in [0.15, 0.2) is 18.2 Å². The van der Waals surface area contributed by atoms with E-state index in [9.17, 15) is 4.79 Å². The van der Waals surface area contributed by atoms with Crippen LogP contribution in [-0.4, -0.2) is 22.2 Å². The molecule has 2 unspecified atom stereocenters. The molecule has 19 heavy (non-hydrogen) atoms. The van der Waals surface area contributed by atoms with Gasteiger partial charge in [-0.3, -0.25) is 0 Å². The maximum Gasteiger partial charge on any atom is 0.354 e. The van der Waals surface area contributed by atoms with Crippen LogP contribution in [0.25, 0.3) is 0 Å². The third-order valence-corrected chi connectivity index (χ3v) is 3.80. The summed E-state index contributed by atoms with van der Waals surface area (Å²) < 4.78 is 5.88.